The molecule has 0 spiro atoms. The third-order valence-electron chi connectivity index (χ3n) is 9.82. The van der Waals surface area contributed by atoms with E-state index in [9.17, 15) is 24.6 Å². The van der Waals surface area contributed by atoms with Gasteiger partial charge in [0.1, 0.15) is 41.7 Å². The van der Waals surface area contributed by atoms with Crippen LogP contribution in [0.3, 0.4) is 0 Å². The van der Waals surface area contributed by atoms with Crippen LogP contribution in [-0.2, 0) is 28.5 Å². The van der Waals surface area contributed by atoms with E-state index >= 15 is 0 Å². The Labute approximate surface area is 340 Å². The minimum Gasteiger partial charge on any atom is -0.497 e. The number of rotatable bonds is 23. The van der Waals surface area contributed by atoms with Gasteiger partial charge in [0.25, 0.3) is 0 Å². The molecule has 4 rings (SSSR count). The Bertz CT molecular complexity index is 1690. The van der Waals surface area contributed by atoms with Gasteiger partial charge in [-0.15, -0.1) is 0 Å². The second-order valence-electron chi connectivity index (χ2n) is 14.1. The Morgan fingerprint density at radius 2 is 1.79 bits per heavy atom. The predicted octanol–water partition coefficient (Wildman–Crippen LogP) is 6.56. The molecule has 13 heteroatoms. The third-order valence-corrected chi connectivity index (χ3v) is 9.82. The quantitative estimate of drug-likeness (QED) is 0.0365. The molecule has 0 unspecified atom stereocenters. The van der Waals surface area contributed by atoms with Gasteiger partial charge in [0.05, 0.1) is 19.3 Å². The number of carbonyl (C=O) groups is 3. The second-order valence-corrected chi connectivity index (χ2v) is 14.1. The molecule has 1 amide bonds. The Hall–Kier alpha value is -5.37. The molecular formula is C45H57NO12. The normalized spacial score (nSPS) is 21.5. The highest BCUT2D eigenvalue weighted by Crippen LogP contribution is 2.29. The van der Waals surface area contributed by atoms with Crippen LogP contribution in [0.1, 0.15) is 51.9 Å². The smallest absolute Gasteiger partial charge is 0.407 e. The van der Waals surface area contributed by atoms with E-state index in [1.165, 1.54) is 24.3 Å². The van der Waals surface area contributed by atoms with Gasteiger partial charge < -0.3 is 48.7 Å². The minimum atomic E-state index is -1.96. The van der Waals surface area contributed by atoms with Crippen LogP contribution in [-0.4, -0.2) is 91.9 Å². The molecule has 2 aliphatic rings. The average molecular weight is 804 g/mol. The number of methoxy groups -OCH3 is 1. The largest absolute Gasteiger partial charge is 0.497 e. The number of aliphatic hydroxyl groups excluding tert-OH is 1. The molecule has 1 heterocycles. The average Bonchev–Trinajstić information content (AvgIpc) is 3.23. The van der Waals surface area contributed by atoms with Crippen molar-refractivity contribution in [1.82, 2.24) is 5.32 Å². The molecule has 13 nitrogen and oxygen atoms in total. The maximum atomic E-state index is 13.0. The molecular weight excluding hydrogens is 746 g/mol. The van der Waals surface area contributed by atoms with Crippen LogP contribution in [0.15, 0.2) is 116 Å². The molecule has 2 aromatic rings. The molecule has 58 heavy (non-hydrogen) atoms. The Morgan fingerprint density at radius 1 is 1.03 bits per heavy atom. The Kier molecular flexibility index (Phi) is 19.1. The van der Waals surface area contributed by atoms with Crippen LogP contribution in [0.5, 0.6) is 17.2 Å². The fraction of sp³-hybridized carbons (Fsp3) is 0.444. The molecule has 2 aromatic carbocycles. The van der Waals surface area contributed by atoms with Crippen LogP contribution in [0.25, 0.3) is 0 Å². The molecule has 0 bridgehead atoms. The Balaban J connectivity index is 1.44. The van der Waals surface area contributed by atoms with Gasteiger partial charge in [0.2, 0.25) is 0 Å². The van der Waals surface area contributed by atoms with Gasteiger partial charge in [-0.25, -0.2) is 14.4 Å². The van der Waals surface area contributed by atoms with Crippen LogP contribution in [0.2, 0.25) is 0 Å². The first kappa shape index (κ1) is 45.3. The molecule has 3 N–H and O–H groups in total. The lowest BCUT2D eigenvalue weighted by atomic mass is 9.86. The van der Waals surface area contributed by atoms with Gasteiger partial charge in [-0.2, -0.15) is 0 Å². The molecule has 1 aliphatic heterocycles. The van der Waals surface area contributed by atoms with E-state index in [4.69, 9.17) is 33.2 Å². The zero-order valence-corrected chi connectivity index (χ0v) is 33.3. The number of para-hydroxylation sites is 1. The van der Waals surface area contributed by atoms with E-state index in [0.717, 1.165) is 31.4 Å². The number of aliphatic hydroxyl groups is 2. The SMILES string of the molecule is C=CCOC(=O)NCC[C@@](O)(C=C[C@@H]1OC(=O)C=C[C@@H]1CC)[C@H](O)C[C@H](/C=C\C=C/[C@@H]1CCC[C@H](OCOc2ccc(OC)cc2)C1)OC(=O)COc1ccccc1. The lowest BCUT2D eigenvalue weighted by Gasteiger charge is -2.33. The molecule has 1 saturated carbocycles. The fourth-order valence-electron chi connectivity index (χ4n) is 6.53. The van der Waals surface area contributed by atoms with Gasteiger partial charge in [-0.3, -0.25) is 0 Å². The molecule has 314 valence electrons. The first-order valence-electron chi connectivity index (χ1n) is 19.7. The van der Waals surface area contributed by atoms with E-state index in [1.54, 1.807) is 49.6 Å². The number of cyclic esters (lactones) is 1. The lowest BCUT2D eigenvalue weighted by molar-refractivity contribution is -0.152. The first-order valence-corrected chi connectivity index (χ1v) is 19.7. The summed E-state index contributed by atoms with van der Waals surface area (Å²) in [5, 5.41) is 26.1. The summed E-state index contributed by atoms with van der Waals surface area (Å²) >= 11 is 0. The van der Waals surface area contributed by atoms with Crippen molar-refractivity contribution in [3.63, 3.8) is 0 Å². The summed E-state index contributed by atoms with van der Waals surface area (Å²) in [6.45, 7) is 5.13. The van der Waals surface area contributed by atoms with Crippen LogP contribution >= 0.6 is 0 Å². The van der Waals surface area contributed by atoms with E-state index in [2.05, 4.69) is 18.0 Å². The van der Waals surface area contributed by atoms with Gasteiger partial charge >= 0.3 is 18.0 Å². The standard InChI is InChI=1S/C45H57NO12/c1-4-28-53-44(50)46-27-26-45(51,25-24-40-34(5-2)18-23-42(48)58-40)41(47)30-39(57-43(49)31-54-36-14-7-6-8-15-36)16-10-9-12-33-13-11-17-38(29-33)56-32-55-37-21-19-35(52-3)20-22-37/h4,6-10,12,14-16,18-25,33-34,38-41,47,51H,1,5,11,13,17,26-32H2,2-3H3,(H,46,50)/b12-9-,16-10-,25-24?/t33-,34+,38+,39+,40+,41-,45+/m1/s1. The number of hydrogen-bond donors (Lipinski definition) is 3. The van der Waals surface area contributed by atoms with Gasteiger partial charge in [0, 0.05) is 25.0 Å². The van der Waals surface area contributed by atoms with Crippen LogP contribution < -0.4 is 19.5 Å². The maximum absolute atomic E-state index is 13.0. The van der Waals surface area contributed by atoms with Crippen molar-refractivity contribution in [3.8, 4) is 17.2 Å². The van der Waals surface area contributed by atoms with Crippen LogP contribution in [0, 0.1) is 11.8 Å². The highest BCUT2D eigenvalue weighted by Gasteiger charge is 2.36. The summed E-state index contributed by atoms with van der Waals surface area (Å²) in [6.07, 6.45) is 14.9. The number of ether oxygens (including phenoxy) is 7. The van der Waals surface area contributed by atoms with Crippen molar-refractivity contribution >= 4 is 18.0 Å². The summed E-state index contributed by atoms with van der Waals surface area (Å²) in [5.41, 5.74) is -1.96. The van der Waals surface area contributed by atoms with Crippen molar-refractivity contribution < 1.29 is 57.8 Å². The predicted molar refractivity (Wildman–Crippen MR) is 217 cm³/mol. The number of esters is 2. The lowest BCUT2D eigenvalue weighted by Crippen LogP contribution is -2.46. The van der Waals surface area contributed by atoms with E-state index in [1.807, 2.05) is 43.3 Å². The van der Waals surface area contributed by atoms with Gasteiger partial charge in [0.15, 0.2) is 13.4 Å². The fourth-order valence-corrected chi connectivity index (χ4v) is 6.53. The number of alkyl carbamates (subject to hydrolysis) is 1. The maximum Gasteiger partial charge on any atom is 0.407 e. The topological polar surface area (TPSA) is 168 Å². The zero-order valence-electron chi connectivity index (χ0n) is 33.3. The van der Waals surface area contributed by atoms with E-state index in [-0.39, 0.29) is 57.3 Å². The zero-order chi connectivity index (χ0) is 41.6. The molecule has 1 fully saturated rings. The second kappa shape index (κ2) is 24.4. The molecule has 0 aromatic heterocycles. The Morgan fingerprint density at radius 3 is 2.53 bits per heavy atom. The summed E-state index contributed by atoms with van der Waals surface area (Å²) in [4.78, 5) is 37.2. The number of hydrogen-bond acceptors (Lipinski definition) is 12. The minimum absolute atomic E-state index is 0.00511. The monoisotopic (exact) mass is 803 g/mol. The van der Waals surface area contributed by atoms with Crippen molar-refractivity contribution in [2.75, 3.05) is 33.7 Å². The van der Waals surface area contributed by atoms with Crippen LogP contribution in [0.4, 0.5) is 4.79 Å². The van der Waals surface area contributed by atoms with Gasteiger partial charge in [-0.1, -0.05) is 74.6 Å². The highest BCUT2D eigenvalue weighted by atomic mass is 16.7. The number of amides is 1. The molecule has 0 saturated heterocycles. The summed E-state index contributed by atoms with van der Waals surface area (Å²) in [6, 6.07) is 16.1. The molecule has 1 aliphatic carbocycles. The number of allylic oxidation sites excluding steroid dienone is 3. The number of carbonyl (C=O) groups excluding carboxylic acids is 3. The summed E-state index contributed by atoms with van der Waals surface area (Å²) in [5.74, 6) is 0.818. The van der Waals surface area contributed by atoms with Crippen molar-refractivity contribution in [2.45, 2.75) is 81.9 Å². The molecule has 7 atom stereocenters. The third kappa shape index (κ3) is 15.9. The first-order chi connectivity index (χ1) is 28.1. The van der Waals surface area contributed by atoms with E-state index in [0.29, 0.717) is 17.9 Å². The number of nitrogens with one attached hydrogen (secondary N) is 1. The van der Waals surface area contributed by atoms with Crippen molar-refractivity contribution in [1.29, 1.82) is 0 Å². The highest BCUT2D eigenvalue weighted by molar-refractivity contribution is 5.83. The van der Waals surface area contributed by atoms with Crippen molar-refractivity contribution in [2.24, 2.45) is 11.8 Å². The van der Waals surface area contributed by atoms with Gasteiger partial charge in [-0.05, 0) is 86.6 Å². The summed E-state index contributed by atoms with van der Waals surface area (Å²) < 4.78 is 38.8. The summed E-state index contributed by atoms with van der Waals surface area (Å²) in [7, 11) is 1.61. The molecule has 0 radical (unpaired) electrons. The van der Waals surface area contributed by atoms with E-state index < -0.39 is 41.9 Å². The number of benzene rings is 2. The van der Waals surface area contributed by atoms with Crippen molar-refractivity contribution in [3.05, 3.63) is 116 Å².